The molecule has 1 aliphatic heterocycles. The van der Waals surface area contributed by atoms with Gasteiger partial charge in [0.15, 0.2) is 5.60 Å². The van der Waals surface area contributed by atoms with Crippen molar-refractivity contribution in [2.24, 2.45) is 0 Å². The lowest BCUT2D eigenvalue weighted by Crippen LogP contribution is -2.30. The number of phenolic OH excluding ortho intramolecular Hbond substituents is 2. The summed E-state index contributed by atoms with van der Waals surface area (Å²) < 4.78 is 6.07. The van der Waals surface area contributed by atoms with Gasteiger partial charge in [0.2, 0.25) is 0 Å². The first-order valence-corrected chi connectivity index (χ1v) is 12.0. The second-order valence-corrected chi connectivity index (χ2v) is 8.72. The molecular formula is C29H30O6. The molecule has 6 nitrogen and oxygen atoms in total. The minimum absolute atomic E-state index is 0.0229. The Morgan fingerprint density at radius 1 is 0.771 bits per heavy atom. The molecule has 1 aliphatic rings. The molecule has 3 N–H and O–H groups in total. The summed E-state index contributed by atoms with van der Waals surface area (Å²) in [5.41, 5.74) is 2.28. The first-order valence-electron chi connectivity index (χ1n) is 12.0. The molecule has 0 unspecified atom stereocenters. The summed E-state index contributed by atoms with van der Waals surface area (Å²) in [7, 11) is 0. The molecule has 0 amide bonds. The molecule has 35 heavy (non-hydrogen) atoms. The highest BCUT2D eigenvalue weighted by atomic mass is 16.6. The predicted molar refractivity (Wildman–Crippen MR) is 132 cm³/mol. The van der Waals surface area contributed by atoms with Gasteiger partial charge in [0.05, 0.1) is 11.1 Å². The fourth-order valence-corrected chi connectivity index (χ4v) is 5.41. The summed E-state index contributed by atoms with van der Waals surface area (Å²) in [4.78, 5) is 25.3. The van der Waals surface area contributed by atoms with Crippen molar-refractivity contribution in [3.63, 3.8) is 0 Å². The zero-order valence-electron chi connectivity index (χ0n) is 20.4. The lowest BCUT2D eigenvalue weighted by Gasteiger charge is -2.33. The van der Waals surface area contributed by atoms with Gasteiger partial charge in [0.1, 0.15) is 11.5 Å². The Balaban J connectivity index is 2.18. The number of carbonyl (C=O) groups excluding carboxylic acids is 1. The number of ether oxygens (including phenoxy) is 1. The van der Waals surface area contributed by atoms with Crippen molar-refractivity contribution in [2.75, 3.05) is 0 Å². The number of phenols is 2. The first kappa shape index (κ1) is 24.3. The van der Waals surface area contributed by atoms with Gasteiger partial charge in [0, 0.05) is 16.7 Å². The van der Waals surface area contributed by atoms with Crippen LogP contribution in [0, 0.1) is 0 Å². The van der Waals surface area contributed by atoms with E-state index in [1.807, 2.05) is 39.8 Å². The number of rotatable bonds is 7. The first-order chi connectivity index (χ1) is 16.8. The number of esters is 1. The normalized spacial score (nSPS) is 14.0. The topological polar surface area (TPSA) is 104 Å². The molecule has 0 spiro atoms. The molecule has 0 radical (unpaired) electrons. The molecule has 6 heteroatoms. The van der Waals surface area contributed by atoms with E-state index < -0.39 is 17.5 Å². The Bertz CT molecular complexity index is 1280. The van der Waals surface area contributed by atoms with Crippen LogP contribution in [0.3, 0.4) is 0 Å². The molecule has 0 bridgehead atoms. The van der Waals surface area contributed by atoms with Crippen molar-refractivity contribution in [1.29, 1.82) is 0 Å². The fraction of sp³-hybridized carbons (Fsp3) is 0.310. The van der Waals surface area contributed by atoms with Crippen LogP contribution in [-0.4, -0.2) is 27.3 Å². The lowest BCUT2D eigenvalue weighted by atomic mass is 9.76. The Labute approximate surface area is 204 Å². The molecule has 4 rings (SSSR count). The number of carboxylic acid groups (broad SMARTS) is 1. The molecule has 0 saturated heterocycles. The number of cyclic esters (lactones) is 1. The van der Waals surface area contributed by atoms with Crippen LogP contribution < -0.4 is 0 Å². The number of fused-ring (bicyclic) bond motifs is 1. The molecular weight excluding hydrogens is 444 g/mol. The van der Waals surface area contributed by atoms with Crippen molar-refractivity contribution in [2.45, 2.75) is 59.0 Å². The molecule has 0 atom stereocenters. The van der Waals surface area contributed by atoms with Crippen LogP contribution in [-0.2, 0) is 36.0 Å². The van der Waals surface area contributed by atoms with Crippen LogP contribution in [0.25, 0.3) is 0 Å². The fourth-order valence-electron chi connectivity index (χ4n) is 5.41. The molecule has 0 fully saturated rings. The summed E-state index contributed by atoms with van der Waals surface area (Å²) in [6.45, 7) is 7.86. The maximum absolute atomic E-state index is 13.3. The second-order valence-electron chi connectivity index (χ2n) is 8.72. The second kappa shape index (κ2) is 9.10. The zero-order valence-corrected chi connectivity index (χ0v) is 20.4. The van der Waals surface area contributed by atoms with Gasteiger partial charge in [-0.3, -0.25) is 0 Å². The number of aromatic carboxylic acids is 1. The van der Waals surface area contributed by atoms with Gasteiger partial charge in [-0.25, -0.2) is 9.59 Å². The smallest absolute Gasteiger partial charge is 0.341 e. The van der Waals surface area contributed by atoms with E-state index in [1.54, 1.807) is 24.3 Å². The summed E-state index contributed by atoms with van der Waals surface area (Å²) in [5, 5.41) is 32.8. The summed E-state index contributed by atoms with van der Waals surface area (Å²) in [5.74, 6) is -2.11. The average Bonchev–Trinajstić information content (AvgIpc) is 3.16. The maximum Gasteiger partial charge on any atom is 0.341 e. The molecule has 0 aromatic heterocycles. The Hall–Kier alpha value is -3.80. The van der Waals surface area contributed by atoms with Gasteiger partial charge < -0.3 is 20.1 Å². The standard InChI is InChI=1S/C29H30O6/c1-5-16-12-14-22(25(30)18(16)7-3)29(23-15-13-17(6-2)19(8-4)26(23)31)21-11-9-10-20(27(32)33)24(21)28(34)35-29/h9-15,30-31H,5-8H2,1-4H3,(H,32,33). The van der Waals surface area contributed by atoms with E-state index in [9.17, 15) is 24.9 Å². The number of aromatic hydroxyl groups is 2. The van der Waals surface area contributed by atoms with E-state index >= 15 is 0 Å². The summed E-state index contributed by atoms with van der Waals surface area (Å²) in [6, 6.07) is 11.7. The number of benzene rings is 3. The quantitative estimate of drug-likeness (QED) is 0.390. The third kappa shape index (κ3) is 3.47. The number of carboxylic acids is 1. The highest BCUT2D eigenvalue weighted by Crippen LogP contribution is 2.54. The van der Waals surface area contributed by atoms with Gasteiger partial charge in [-0.05, 0) is 54.0 Å². The molecule has 3 aromatic rings. The molecule has 0 aliphatic carbocycles. The van der Waals surface area contributed by atoms with E-state index in [2.05, 4.69) is 0 Å². The molecule has 1 heterocycles. The van der Waals surface area contributed by atoms with Crippen LogP contribution in [0.15, 0.2) is 42.5 Å². The van der Waals surface area contributed by atoms with Gasteiger partial charge >= 0.3 is 11.9 Å². The Morgan fingerprint density at radius 2 is 1.29 bits per heavy atom. The van der Waals surface area contributed by atoms with E-state index in [1.165, 1.54) is 6.07 Å². The minimum atomic E-state index is -1.71. The van der Waals surface area contributed by atoms with Crippen molar-refractivity contribution in [3.8, 4) is 11.5 Å². The van der Waals surface area contributed by atoms with Crippen LogP contribution in [0.4, 0.5) is 0 Å². The number of carbonyl (C=O) groups is 2. The van der Waals surface area contributed by atoms with Crippen LogP contribution >= 0.6 is 0 Å². The number of hydrogen-bond donors (Lipinski definition) is 3. The monoisotopic (exact) mass is 474 g/mol. The Morgan fingerprint density at radius 3 is 1.71 bits per heavy atom. The van der Waals surface area contributed by atoms with Gasteiger partial charge in [-0.15, -0.1) is 0 Å². The van der Waals surface area contributed by atoms with Gasteiger partial charge in [-0.1, -0.05) is 64.1 Å². The van der Waals surface area contributed by atoms with Crippen LogP contribution in [0.2, 0.25) is 0 Å². The number of aryl methyl sites for hydroxylation is 2. The predicted octanol–water partition coefficient (Wildman–Crippen LogP) is 5.51. The van der Waals surface area contributed by atoms with E-state index in [-0.39, 0.29) is 28.2 Å². The summed E-state index contributed by atoms with van der Waals surface area (Å²) in [6.07, 6.45) is 2.52. The highest BCUT2D eigenvalue weighted by molar-refractivity contribution is 6.06. The largest absolute Gasteiger partial charge is 0.507 e. The van der Waals surface area contributed by atoms with E-state index in [0.717, 1.165) is 22.3 Å². The van der Waals surface area contributed by atoms with Crippen LogP contribution in [0.1, 0.15) is 87.4 Å². The van der Waals surface area contributed by atoms with E-state index in [0.29, 0.717) is 36.8 Å². The molecule has 182 valence electrons. The van der Waals surface area contributed by atoms with Crippen LogP contribution in [0.5, 0.6) is 11.5 Å². The van der Waals surface area contributed by atoms with Crippen molar-refractivity contribution < 1.29 is 29.6 Å². The average molecular weight is 475 g/mol. The third-order valence-electron chi connectivity index (χ3n) is 7.11. The molecule has 0 saturated carbocycles. The summed E-state index contributed by atoms with van der Waals surface area (Å²) >= 11 is 0. The van der Waals surface area contributed by atoms with Crippen molar-refractivity contribution in [1.82, 2.24) is 0 Å². The SMILES string of the molecule is CCc1ccc(C2(c3ccc(CC)c(CC)c3O)OC(=O)c3c(C(=O)O)cccc32)c(O)c1CC. The van der Waals surface area contributed by atoms with Crippen molar-refractivity contribution >= 4 is 11.9 Å². The van der Waals surface area contributed by atoms with Gasteiger partial charge in [-0.2, -0.15) is 0 Å². The van der Waals surface area contributed by atoms with E-state index in [4.69, 9.17) is 4.74 Å². The maximum atomic E-state index is 13.3. The lowest BCUT2D eigenvalue weighted by molar-refractivity contribution is 0.0236. The molecule has 3 aromatic carbocycles. The number of hydrogen-bond acceptors (Lipinski definition) is 5. The zero-order chi connectivity index (χ0) is 25.5. The highest BCUT2D eigenvalue weighted by Gasteiger charge is 2.53. The van der Waals surface area contributed by atoms with Gasteiger partial charge in [0.25, 0.3) is 0 Å². The van der Waals surface area contributed by atoms with Crippen molar-refractivity contribution in [3.05, 3.63) is 92.5 Å². The Kier molecular flexibility index (Phi) is 6.32. The minimum Gasteiger partial charge on any atom is -0.507 e. The third-order valence-corrected chi connectivity index (χ3v) is 7.11.